The van der Waals surface area contributed by atoms with Gasteiger partial charge >= 0.3 is 5.97 Å². The van der Waals surface area contributed by atoms with Crippen molar-refractivity contribution >= 4 is 17.6 Å². The van der Waals surface area contributed by atoms with Crippen LogP contribution in [0.5, 0.6) is 0 Å². The van der Waals surface area contributed by atoms with Gasteiger partial charge in [-0.1, -0.05) is 37.6 Å². The lowest BCUT2D eigenvalue weighted by Crippen LogP contribution is -2.43. The molecule has 2 unspecified atom stereocenters. The van der Waals surface area contributed by atoms with Gasteiger partial charge in [0.2, 0.25) is 0 Å². The summed E-state index contributed by atoms with van der Waals surface area (Å²) in [5, 5.41) is 13.8. The SMILES string of the molecule is CCC(CC)(CNC1CCC(c2ccc(Cl)cc2)C1)C(=O)O. The Kier molecular flexibility index (Phi) is 5.87. The molecule has 2 rings (SSSR count). The molecule has 0 aliphatic heterocycles. The van der Waals surface area contributed by atoms with E-state index in [0.29, 0.717) is 31.3 Å². The molecular formula is C18H26ClNO2. The van der Waals surface area contributed by atoms with Crippen molar-refractivity contribution in [3.8, 4) is 0 Å². The van der Waals surface area contributed by atoms with Crippen LogP contribution in [0, 0.1) is 5.41 Å². The Morgan fingerprint density at radius 3 is 2.45 bits per heavy atom. The largest absolute Gasteiger partial charge is 0.481 e. The Bertz CT molecular complexity index is 496. The molecule has 22 heavy (non-hydrogen) atoms. The molecule has 0 bridgehead atoms. The quantitative estimate of drug-likeness (QED) is 0.779. The minimum absolute atomic E-state index is 0.414. The van der Waals surface area contributed by atoms with Gasteiger partial charge in [-0.2, -0.15) is 0 Å². The van der Waals surface area contributed by atoms with Gasteiger partial charge < -0.3 is 10.4 Å². The smallest absolute Gasteiger partial charge is 0.310 e. The number of nitrogens with one attached hydrogen (secondary N) is 1. The van der Waals surface area contributed by atoms with Crippen LogP contribution in [0.2, 0.25) is 5.02 Å². The molecule has 1 saturated carbocycles. The second-order valence-corrected chi connectivity index (χ2v) is 6.87. The van der Waals surface area contributed by atoms with Crippen LogP contribution in [0.1, 0.15) is 57.4 Å². The molecule has 4 heteroatoms. The Balaban J connectivity index is 1.91. The van der Waals surface area contributed by atoms with Crippen molar-refractivity contribution in [1.29, 1.82) is 0 Å². The summed E-state index contributed by atoms with van der Waals surface area (Å²) in [6.07, 6.45) is 4.66. The van der Waals surface area contributed by atoms with E-state index in [1.165, 1.54) is 5.56 Å². The van der Waals surface area contributed by atoms with Gasteiger partial charge in [-0.25, -0.2) is 0 Å². The van der Waals surface area contributed by atoms with Gasteiger partial charge in [0.15, 0.2) is 0 Å². The van der Waals surface area contributed by atoms with Gasteiger partial charge in [0, 0.05) is 17.6 Å². The molecule has 0 saturated heterocycles. The summed E-state index contributed by atoms with van der Waals surface area (Å²) in [5.74, 6) is -0.130. The van der Waals surface area contributed by atoms with Crippen LogP contribution in [-0.2, 0) is 4.79 Å². The maximum atomic E-state index is 11.6. The van der Waals surface area contributed by atoms with E-state index in [-0.39, 0.29) is 0 Å². The summed E-state index contributed by atoms with van der Waals surface area (Å²) < 4.78 is 0. The van der Waals surface area contributed by atoms with E-state index in [0.717, 1.165) is 24.3 Å². The molecule has 122 valence electrons. The summed E-state index contributed by atoms with van der Waals surface area (Å²) >= 11 is 5.94. The minimum atomic E-state index is -0.683. The molecular weight excluding hydrogens is 298 g/mol. The number of carboxylic acid groups (broad SMARTS) is 1. The van der Waals surface area contributed by atoms with Crippen molar-refractivity contribution < 1.29 is 9.90 Å². The summed E-state index contributed by atoms with van der Waals surface area (Å²) in [6, 6.07) is 8.52. The van der Waals surface area contributed by atoms with Crippen LogP contribution in [0.3, 0.4) is 0 Å². The first-order chi connectivity index (χ1) is 10.5. The van der Waals surface area contributed by atoms with Gasteiger partial charge in [-0.05, 0) is 55.7 Å². The van der Waals surface area contributed by atoms with Gasteiger partial charge in [0.25, 0.3) is 0 Å². The third kappa shape index (κ3) is 3.82. The zero-order valence-corrected chi connectivity index (χ0v) is 14.2. The first-order valence-electron chi connectivity index (χ1n) is 8.23. The summed E-state index contributed by atoms with van der Waals surface area (Å²) in [4.78, 5) is 11.6. The molecule has 2 atom stereocenters. The summed E-state index contributed by atoms with van der Waals surface area (Å²) in [6.45, 7) is 4.49. The molecule has 0 heterocycles. The number of benzene rings is 1. The molecule has 0 spiro atoms. The molecule has 1 aliphatic rings. The van der Waals surface area contributed by atoms with Crippen molar-refractivity contribution in [2.75, 3.05) is 6.54 Å². The third-order valence-electron chi connectivity index (χ3n) is 5.31. The lowest BCUT2D eigenvalue weighted by atomic mass is 9.82. The van der Waals surface area contributed by atoms with Crippen LogP contribution < -0.4 is 5.32 Å². The van der Waals surface area contributed by atoms with Crippen LogP contribution in [-0.4, -0.2) is 23.7 Å². The normalized spacial score (nSPS) is 22.0. The fourth-order valence-electron chi connectivity index (χ4n) is 3.42. The number of hydrogen-bond donors (Lipinski definition) is 2. The van der Waals surface area contributed by atoms with Crippen LogP contribution in [0.4, 0.5) is 0 Å². The fourth-order valence-corrected chi connectivity index (χ4v) is 3.55. The number of rotatable bonds is 7. The Hall–Kier alpha value is -1.06. The minimum Gasteiger partial charge on any atom is -0.481 e. The topological polar surface area (TPSA) is 49.3 Å². The lowest BCUT2D eigenvalue weighted by Gasteiger charge is -2.28. The number of hydrogen-bond acceptors (Lipinski definition) is 2. The van der Waals surface area contributed by atoms with Gasteiger partial charge in [-0.3, -0.25) is 4.79 Å². The van der Waals surface area contributed by atoms with Crippen molar-refractivity contribution in [2.24, 2.45) is 5.41 Å². The molecule has 2 N–H and O–H groups in total. The molecule has 1 aromatic carbocycles. The van der Waals surface area contributed by atoms with Crippen LogP contribution in [0.25, 0.3) is 0 Å². The molecule has 0 radical (unpaired) electrons. The van der Waals surface area contributed by atoms with E-state index in [2.05, 4.69) is 17.4 Å². The number of carbonyl (C=O) groups is 1. The van der Waals surface area contributed by atoms with Crippen molar-refractivity contribution in [1.82, 2.24) is 5.32 Å². The second-order valence-electron chi connectivity index (χ2n) is 6.43. The molecule has 1 aliphatic carbocycles. The number of carboxylic acids is 1. The second kappa shape index (κ2) is 7.47. The highest BCUT2D eigenvalue weighted by Crippen LogP contribution is 2.35. The summed E-state index contributed by atoms with van der Waals surface area (Å²) in [7, 11) is 0. The van der Waals surface area contributed by atoms with E-state index >= 15 is 0 Å². The maximum absolute atomic E-state index is 11.6. The highest BCUT2D eigenvalue weighted by atomic mass is 35.5. The predicted molar refractivity (Wildman–Crippen MR) is 90.5 cm³/mol. The Labute approximate surface area is 138 Å². The van der Waals surface area contributed by atoms with Crippen LogP contribution in [0.15, 0.2) is 24.3 Å². The van der Waals surface area contributed by atoms with Gasteiger partial charge in [0.1, 0.15) is 0 Å². The van der Waals surface area contributed by atoms with Crippen molar-refractivity contribution in [3.05, 3.63) is 34.9 Å². The van der Waals surface area contributed by atoms with Crippen molar-refractivity contribution in [2.45, 2.75) is 57.9 Å². The zero-order valence-electron chi connectivity index (χ0n) is 13.4. The average Bonchev–Trinajstić information content (AvgIpc) is 2.98. The van der Waals surface area contributed by atoms with Gasteiger partial charge in [-0.15, -0.1) is 0 Å². The van der Waals surface area contributed by atoms with E-state index < -0.39 is 11.4 Å². The maximum Gasteiger partial charge on any atom is 0.310 e. The number of aliphatic carboxylic acids is 1. The predicted octanol–water partition coefficient (Wildman–Crippen LogP) is 4.46. The lowest BCUT2D eigenvalue weighted by molar-refractivity contribution is -0.149. The molecule has 1 aromatic rings. The van der Waals surface area contributed by atoms with Crippen LogP contribution >= 0.6 is 11.6 Å². The van der Waals surface area contributed by atoms with Crippen molar-refractivity contribution in [3.63, 3.8) is 0 Å². The highest BCUT2D eigenvalue weighted by Gasteiger charge is 2.36. The molecule has 3 nitrogen and oxygen atoms in total. The standard InChI is InChI=1S/C18H26ClNO2/c1-3-18(4-2,17(21)22)12-20-16-10-7-14(11-16)13-5-8-15(19)9-6-13/h5-6,8-9,14,16,20H,3-4,7,10-12H2,1-2H3,(H,21,22). The first kappa shape index (κ1) is 17.3. The number of halogens is 1. The Morgan fingerprint density at radius 2 is 1.91 bits per heavy atom. The van der Waals surface area contributed by atoms with E-state index in [1.54, 1.807) is 0 Å². The Morgan fingerprint density at radius 1 is 1.27 bits per heavy atom. The van der Waals surface area contributed by atoms with Gasteiger partial charge in [0.05, 0.1) is 5.41 Å². The first-order valence-corrected chi connectivity index (χ1v) is 8.60. The van der Waals surface area contributed by atoms with E-state index in [9.17, 15) is 9.90 Å². The van der Waals surface area contributed by atoms with E-state index in [1.807, 2.05) is 26.0 Å². The molecule has 1 fully saturated rings. The molecule has 0 aromatic heterocycles. The third-order valence-corrected chi connectivity index (χ3v) is 5.56. The zero-order chi connectivity index (χ0) is 16.2. The monoisotopic (exact) mass is 323 g/mol. The average molecular weight is 324 g/mol. The fraction of sp³-hybridized carbons (Fsp3) is 0.611. The van der Waals surface area contributed by atoms with E-state index in [4.69, 9.17) is 11.6 Å². The highest BCUT2D eigenvalue weighted by molar-refractivity contribution is 6.30. The summed E-state index contributed by atoms with van der Waals surface area (Å²) in [5.41, 5.74) is 0.711. The molecule has 0 amide bonds.